The van der Waals surface area contributed by atoms with Gasteiger partial charge in [0.15, 0.2) is 0 Å². The molecular weight excluding hydrogens is 537 g/mol. The number of carbonyl (C=O) groups is 1. The Labute approximate surface area is 259 Å². The van der Waals surface area contributed by atoms with E-state index in [4.69, 9.17) is 10.7 Å². The van der Waals surface area contributed by atoms with Gasteiger partial charge in [0, 0.05) is 50.8 Å². The van der Waals surface area contributed by atoms with Gasteiger partial charge in [0.05, 0.1) is 11.7 Å². The number of nitrogens with one attached hydrogen (secondary N) is 1. The van der Waals surface area contributed by atoms with Crippen molar-refractivity contribution >= 4 is 5.78 Å². The van der Waals surface area contributed by atoms with Crippen molar-refractivity contribution in [3.63, 3.8) is 0 Å². The summed E-state index contributed by atoms with van der Waals surface area (Å²) in [5.41, 5.74) is 8.70. The molecule has 1 saturated heterocycles. The van der Waals surface area contributed by atoms with E-state index in [1.54, 1.807) is 6.92 Å². The fraction of sp³-hybridized carbons (Fsp3) is 0.667. The average molecular weight is 592 g/mol. The number of piperazine rings is 1. The lowest BCUT2D eigenvalue weighted by Gasteiger charge is -2.41. The first kappa shape index (κ1) is 32.2. The number of alkyl halides is 1. The standard InChI is InChI=1S/C36H54FN5O/c1-36(37)17-14-29(15-18-36)34(43)25-31(28-9-3-2-4-10-28)16-23-41-24-21-39-32(26-41)27-42(22-6-5-19-38)33-13-7-11-30-12-8-20-40-35(30)33/h2-4,8-10,12,20,29,31-33,39H,5-7,11,13-19,21-27,38H2,1H3/t29?,31-,32-,33-,36?/m0/s1. The monoisotopic (exact) mass is 591 g/mol. The molecule has 2 fully saturated rings. The third-order valence-electron chi connectivity index (χ3n) is 10.3. The molecule has 2 aromatic rings. The van der Waals surface area contributed by atoms with Crippen molar-refractivity contribution in [1.29, 1.82) is 0 Å². The van der Waals surface area contributed by atoms with Crippen LogP contribution in [0.4, 0.5) is 4.39 Å². The topological polar surface area (TPSA) is 74.5 Å². The number of ketones is 1. The maximum absolute atomic E-state index is 14.4. The highest BCUT2D eigenvalue weighted by atomic mass is 19.1. The molecule has 0 amide bonds. The van der Waals surface area contributed by atoms with Gasteiger partial charge in [0.2, 0.25) is 0 Å². The SMILES string of the molecule is CC1(F)CCC(C(=O)C[C@H](CCN2CCN[C@H](CN(CCCCN)[C@H]3CCCc4cccnc43)C2)c2ccccc2)CC1. The molecular formula is C36H54FN5O. The molecule has 0 spiro atoms. The zero-order chi connectivity index (χ0) is 30.1. The van der Waals surface area contributed by atoms with Gasteiger partial charge in [0.1, 0.15) is 11.5 Å². The van der Waals surface area contributed by atoms with Crippen molar-refractivity contribution in [2.75, 3.05) is 45.8 Å². The summed E-state index contributed by atoms with van der Waals surface area (Å²) in [6.07, 6.45) is 11.6. The number of halogens is 1. The van der Waals surface area contributed by atoms with Crippen LogP contribution < -0.4 is 11.1 Å². The number of hydrogen-bond acceptors (Lipinski definition) is 6. The van der Waals surface area contributed by atoms with E-state index in [-0.39, 0.29) is 11.8 Å². The van der Waals surface area contributed by atoms with Gasteiger partial charge >= 0.3 is 0 Å². The largest absolute Gasteiger partial charge is 0.330 e. The first-order valence-corrected chi connectivity index (χ1v) is 17.0. The highest BCUT2D eigenvalue weighted by Gasteiger charge is 2.35. The number of nitrogens with two attached hydrogens (primary N) is 1. The van der Waals surface area contributed by atoms with Crippen molar-refractivity contribution in [3.8, 4) is 0 Å². The van der Waals surface area contributed by atoms with E-state index in [1.165, 1.54) is 29.7 Å². The molecule has 5 rings (SSSR count). The molecule has 1 aromatic heterocycles. The number of rotatable bonds is 14. The number of aromatic nitrogens is 1. The summed E-state index contributed by atoms with van der Waals surface area (Å²) >= 11 is 0. The van der Waals surface area contributed by atoms with Crippen LogP contribution in [0.1, 0.15) is 99.9 Å². The molecule has 43 heavy (non-hydrogen) atoms. The molecule has 0 unspecified atom stereocenters. The second kappa shape index (κ2) is 15.7. The molecule has 1 aromatic carbocycles. The number of pyridine rings is 1. The number of fused-ring (bicyclic) bond motifs is 1. The van der Waals surface area contributed by atoms with Gasteiger partial charge in [-0.1, -0.05) is 36.4 Å². The number of carbonyl (C=O) groups excluding carboxylic acids is 1. The Morgan fingerprint density at radius 3 is 2.77 bits per heavy atom. The summed E-state index contributed by atoms with van der Waals surface area (Å²) in [7, 11) is 0. The average Bonchev–Trinajstić information content (AvgIpc) is 3.03. The number of nitrogens with zero attached hydrogens (tertiary/aromatic N) is 3. The minimum absolute atomic E-state index is 0.0169. The second-order valence-corrected chi connectivity index (χ2v) is 13.7. The molecule has 7 heteroatoms. The summed E-state index contributed by atoms with van der Waals surface area (Å²) < 4.78 is 14.4. The number of Topliss-reactive ketones (excluding diaryl/α,β-unsaturated/α-hetero) is 1. The lowest BCUT2D eigenvalue weighted by atomic mass is 9.76. The Morgan fingerprint density at radius 2 is 1.98 bits per heavy atom. The van der Waals surface area contributed by atoms with E-state index in [0.717, 1.165) is 71.5 Å². The third kappa shape index (κ3) is 9.16. The summed E-state index contributed by atoms with van der Waals surface area (Å²) in [5, 5.41) is 3.82. The zero-order valence-corrected chi connectivity index (χ0v) is 26.4. The minimum Gasteiger partial charge on any atom is -0.330 e. The molecule has 1 saturated carbocycles. The Bertz CT molecular complexity index is 1130. The molecule has 3 N–H and O–H groups in total. The molecule has 3 atom stereocenters. The van der Waals surface area contributed by atoms with Crippen molar-refractivity contribution in [2.24, 2.45) is 11.7 Å². The van der Waals surface area contributed by atoms with Crippen molar-refractivity contribution < 1.29 is 9.18 Å². The van der Waals surface area contributed by atoms with Crippen molar-refractivity contribution in [2.45, 2.75) is 101 Å². The van der Waals surface area contributed by atoms with E-state index in [9.17, 15) is 9.18 Å². The highest BCUT2D eigenvalue weighted by molar-refractivity contribution is 5.82. The van der Waals surface area contributed by atoms with Crippen LogP contribution in [0.5, 0.6) is 0 Å². The van der Waals surface area contributed by atoms with E-state index in [0.29, 0.717) is 50.0 Å². The lowest BCUT2D eigenvalue weighted by molar-refractivity contribution is -0.125. The molecule has 2 aliphatic carbocycles. The summed E-state index contributed by atoms with van der Waals surface area (Å²) in [4.78, 5) is 23.5. The van der Waals surface area contributed by atoms with Crippen LogP contribution in [-0.4, -0.2) is 78.1 Å². The van der Waals surface area contributed by atoms with Crippen LogP contribution in [0.3, 0.4) is 0 Å². The molecule has 2 heterocycles. The minimum atomic E-state index is -1.11. The van der Waals surface area contributed by atoms with Gasteiger partial charge < -0.3 is 16.0 Å². The molecule has 0 bridgehead atoms. The molecule has 1 aliphatic heterocycles. The quantitative estimate of drug-likeness (QED) is 0.270. The smallest absolute Gasteiger partial charge is 0.136 e. The Hall–Kier alpha value is -2.19. The predicted octanol–water partition coefficient (Wildman–Crippen LogP) is 5.83. The Kier molecular flexibility index (Phi) is 11.8. The number of benzene rings is 1. The normalized spacial score (nSPS) is 27.1. The molecule has 236 valence electrons. The lowest BCUT2D eigenvalue weighted by Crippen LogP contribution is -2.55. The van der Waals surface area contributed by atoms with Crippen molar-refractivity contribution in [1.82, 2.24) is 20.1 Å². The van der Waals surface area contributed by atoms with E-state index in [1.807, 2.05) is 12.3 Å². The van der Waals surface area contributed by atoms with Crippen LogP contribution in [0, 0.1) is 5.92 Å². The fourth-order valence-electron chi connectivity index (χ4n) is 7.68. The van der Waals surface area contributed by atoms with Gasteiger partial charge in [-0.3, -0.25) is 14.7 Å². The maximum atomic E-state index is 14.4. The van der Waals surface area contributed by atoms with Gasteiger partial charge in [-0.05, 0) is 114 Å². The predicted molar refractivity (Wildman–Crippen MR) is 173 cm³/mol. The first-order valence-electron chi connectivity index (χ1n) is 17.0. The number of hydrogen-bond donors (Lipinski definition) is 2. The summed E-state index contributed by atoms with van der Waals surface area (Å²) in [5.74, 6) is 0.554. The zero-order valence-electron chi connectivity index (χ0n) is 26.4. The van der Waals surface area contributed by atoms with Gasteiger partial charge in [-0.2, -0.15) is 0 Å². The van der Waals surface area contributed by atoms with Gasteiger partial charge in [-0.25, -0.2) is 4.39 Å². The number of aryl methyl sites for hydroxylation is 1. The van der Waals surface area contributed by atoms with E-state index in [2.05, 4.69) is 51.5 Å². The first-order chi connectivity index (χ1) is 20.9. The van der Waals surface area contributed by atoms with Crippen LogP contribution >= 0.6 is 0 Å². The van der Waals surface area contributed by atoms with Gasteiger partial charge in [-0.15, -0.1) is 0 Å². The highest BCUT2D eigenvalue weighted by Crippen LogP contribution is 2.37. The Balaban J connectivity index is 1.20. The van der Waals surface area contributed by atoms with Crippen LogP contribution in [-0.2, 0) is 11.2 Å². The van der Waals surface area contributed by atoms with E-state index >= 15 is 0 Å². The summed E-state index contributed by atoms with van der Waals surface area (Å²) in [6, 6.07) is 15.7. The van der Waals surface area contributed by atoms with Gasteiger partial charge in [0.25, 0.3) is 0 Å². The maximum Gasteiger partial charge on any atom is 0.136 e. The van der Waals surface area contributed by atoms with Crippen LogP contribution in [0.25, 0.3) is 0 Å². The summed E-state index contributed by atoms with van der Waals surface area (Å²) in [6.45, 7) is 8.51. The van der Waals surface area contributed by atoms with Crippen LogP contribution in [0.2, 0.25) is 0 Å². The molecule has 3 aliphatic rings. The van der Waals surface area contributed by atoms with Crippen LogP contribution in [0.15, 0.2) is 48.7 Å². The Morgan fingerprint density at radius 1 is 1.16 bits per heavy atom. The fourth-order valence-corrected chi connectivity index (χ4v) is 7.68. The number of unbranched alkanes of at least 4 members (excludes halogenated alkanes) is 1. The molecule has 0 radical (unpaired) electrons. The second-order valence-electron chi connectivity index (χ2n) is 13.7. The van der Waals surface area contributed by atoms with E-state index < -0.39 is 5.67 Å². The van der Waals surface area contributed by atoms with Crippen molar-refractivity contribution in [3.05, 3.63) is 65.5 Å². The third-order valence-corrected chi connectivity index (χ3v) is 10.3. The molecule has 6 nitrogen and oxygen atoms in total.